The molecular weight excluding hydrogens is 256 g/mol. The zero-order chi connectivity index (χ0) is 13.2. The Hall–Kier alpha value is -1.19. The molecule has 0 aromatic carbocycles. The molecule has 92 valence electrons. The van der Waals surface area contributed by atoms with Crippen molar-refractivity contribution in [3.8, 4) is 5.40 Å². The molecule has 0 spiro atoms. The average molecular weight is 270 g/mol. The molecule has 0 aliphatic rings. The van der Waals surface area contributed by atoms with Crippen LogP contribution >= 0.6 is 23.1 Å². The van der Waals surface area contributed by atoms with Crippen molar-refractivity contribution in [2.75, 3.05) is 5.73 Å². The summed E-state index contributed by atoms with van der Waals surface area (Å²) in [6, 6.07) is 0. The third kappa shape index (κ3) is 3.38. The second-order valence-electron chi connectivity index (χ2n) is 4.44. The summed E-state index contributed by atoms with van der Waals surface area (Å²) in [6.45, 7) is 7.19. The highest BCUT2D eigenvalue weighted by atomic mass is 32.2. The number of carbonyl (C=O) groups excluding carboxylic acids is 1. The number of thiocyanates is 1. The first-order chi connectivity index (χ1) is 7.76. The van der Waals surface area contributed by atoms with Gasteiger partial charge in [-0.2, -0.15) is 5.26 Å². The molecule has 0 atom stereocenters. The fraction of sp³-hybridized carbons (Fsp3) is 0.455. The molecular formula is C11H14N2O2S2. The van der Waals surface area contributed by atoms with Gasteiger partial charge in [-0.3, -0.25) is 0 Å². The van der Waals surface area contributed by atoms with Gasteiger partial charge in [0.1, 0.15) is 20.9 Å². The highest BCUT2D eigenvalue weighted by molar-refractivity contribution is 8.04. The van der Waals surface area contributed by atoms with E-state index in [1.807, 2.05) is 26.2 Å². The minimum atomic E-state index is -0.537. The Balaban J connectivity index is 3.05. The number of esters is 1. The molecule has 0 aliphatic heterocycles. The molecule has 0 fully saturated rings. The number of rotatable bonds is 2. The second-order valence-corrected chi connectivity index (χ2v) is 6.29. The van der Waals surface area contributed by atoms with E-state index in [-0.39, 0.29) is 0 Å². The van der Waals surface area contributed by atoms with E-state index in [4.69, 9.17) is 15.7 Å². The molecule has 1 rings (SSSR count). The fourth-order valence-electron chi connectivity index (χ4n) is 1.21. The van der Waals surface area contributed by atoms with Gasteiger partial charge in [-0.15, -0.1) is 11.3 Å². The van der Waals surface area contributed by atoms with E-state index in [2.05, 4.69) is 0 Å². The summed E-state index contributed by atoms with van der Waals surface area (Å²) in [5.41, 5.74) is 5.95. The van der Waals surface area contributed by atoms with Crippen LogP contribution in [0.1, 0.15) is 36.0 Å². The molecule has 0 aliphatic carbocycles. The summed E-state index contributed by atoms with van der Waals surface area (Å²) >= 11 is 2.13. The predicted octanol–water partition coefficient (Wildman–Crippen LogP) is 3.17. The number of hydrogen-bond donors (Lipinski definition) is 1. The maximum atomic E-state index is 11.9. The van der Waals surface area contributed by atoms with Gasteiger partial charge in [0, 0.05) is 0 Å². The summed E-state index contributed by atoms with van der Waals surface area (Å²) in [6.07, 6.45) is 0. The first-order valence-electron chi connectivity index (χ1n) is 4.94. The van der Waals surface area contributed by atoms with Crippen LogP contribution in [0.25, 0.3) is 0 Å². The minimum absolute atomic E-state index is 0.392. The molecule has 2 N–H and O–H groups in total. The minimum Gasteiger partial charge on any atom is -0.456 e. The SMILES string of the molecule is Cc1c(C(=O)OC(C)(C)C)sc(N)c1SC#N. The maximum Gasteiger partial charge on any atom is 0.349 e. The van der Waals surface area contributed by atoms with Crippen LogP contribution < -0.4 is 5.73 Å². The molecule has 4 nitrogen and oxygen atoms in total. The predicted molar refractivity (Wildman–Crippen MR) is 70.1 cm³/mol. The summed E-state index contributed by atoms with van der Waals surface area (Å²) in [7, 11) is 0. The van der Waals surface area contributed by atoms with Gasteiger partial charge < -0.3 is 10.5 Å². The molecule has 17 heavy (non-hydrogen) atoms. The molecule has 1 heterocycles. The Morgan fingerprint density at radius 2 is 2.12 bits per heavy atom. The molecule has 6 heteroatoms. The number of nitrogens with two attached hydrogens (primary N) is 1. The Kier molecular flexibility index (Phi) is 4.07. The van der Waals surface area contributed by atoms with Gasteiger partial charge in [-0.25, -0.2) is 4.79 Å². The lowest BCUT2D eigenvalue weighted by atomic mass is 10.2. The van der Waals surface area contributed by atoms with Crippen molar-refractivity contribution < 1.29 is 9.53 Å². The highest BCUT2D eigenvalue weighted by Gasteiger charge is 2.24. The van der Waals surface area contributed by atoms with E-state index in [0.29, 0.717) is 20.3 Å². The van der Waals surface area contributed by atoms with Crippen molar-refractivity contribution in [2.45, 2.75) is 38.2 Å². The summed E-state index contributed by atoms with van der Waals surface area (Å²) in [5.74, 6) is -0.392. The number of thioether (sulfide) groups is 1. The summed E-state index contributed by atoms with van der Waals surface area (Å²) < 4.78 is 5.27. The quantitative estimate of drug-likeness (QED) is 0.507. The molecule has 0 radical (unpaired) electrons. The average Bonchev–Trinajstić information content (AvgIpc) is 2.43. The number of thiophene rings is 1. The van der Waals surface area contributed by atoms with E-state index in [1.54, 1.807) is 6.92 Å². The molecule has 1 aromatic heterocycles. The Bertz CT molecular complexity index is 481. The smallest absolute Gasteiger partial charge is 0.349 e. The normalized spacial score (nSPS) is 11.0. The number of anilines is 1. The van der Waals surface area contributed by atoms with Crippen molar-refractivity contribution >= 4 is 34.1 Å². The van der Waals surface area contributed by atoms with Gasteiger partial charge in [0.15, 0.2) is 0 Å². The van der Waals surface area contributed by atoms with Crippen LogP contribution in [-0.4, -0.2) is 11.6 Å². The number of nitrogens with zero attached hydrogens (tertiary/aromatic N) is 1. The van der Waals surface area contributed by atoms with E-state index in [0.717, 1.165) is 23.1 Å². The zero-order valence-corrected chi connectivity index (χ0v) is 11.8. The zero-order valence-electron chi connectivity index (χ0n) is 10.2. The number of carbonyl (C=O) groups is 1. The van der Waals surface area contributed by atoms with E-state index in [1.165, 1.54) is 0 Å². The molecule has 0 saturated heterocycles. The first kappa shape index (κ1) is 13.9. The van der Waals surface area contributed by atoms with Crippen molar-refractivity contribution in [1.29, 1.82) is 5.26 Å². The molecule has 0 bridgehead atoms. The lowest BCUT2D eigenvalue weighted by Crippen LogP contribution is -2.23. The van der Waals surface area contributed by atoms with Crippen LogP contribution in [0.3, 0.4) is 0 Å². The van der Waals surface area contributed by atoms with Gasteiger partial charge >= 0.3 is 5.97 Å². The molecule has 0 amide bonds. The molecule has 1 aromatic rings. The van der Waals surface area contributed by atoms with Crippen LogP contribution in [0.2, 0.25) is 0 Å². The van der Waals surface area contributed by atoms with Crippen molar-refractivity contribution in [3.63, 3.8) is 0 Å². The Morgan fingerprint density at radius 3 is 2.59 bits per heavy atom. The Morgan fingerprint density at radius 1 is 1.53 bits per heavy atom. The van der Waals surface area contributed by atoms with Crippen LogP contribution in [-0.2, 0) is 4.74 Å². The second kappa shape index (κ2) is 4.98. The maximum absolute atomic E-state index is 11.9. The third-order valence-electron chi connectivity index (χ3n) is 1.85. The topological polar surface area (TPSA) is 76.1 Å². The lowest BCUT2D eigenvalue weighted by Gasteiger charge is -2.19. The largest absolute Gasteiger partial charge is 0.456 e. The van der Waals surface area contributed by atoms with Crippen molar-refractivity contribution in [3.05, 3.63) is 10.4 Å². The monoisotopic (exact) mass is 270 g/mol. The Labute approximate surface area is 109 Å². The van der Waals surface area contributed by atoms with Crippen molar-refractivity contribution in [2.24, 2.45) is 0 Å². The van der Waals surface area contributed by atoms with Crippen LogP contribution in [0.4, 0.5) is 5.00 Å². The number of hydrogen-bond acceptors (Lipinski definition) is 6. The molecule has 0 saturated carbocycles. The van der Waals surface area contributed by atoms with Gasteiger partial charge in [-0.1, -0.05) is 0 Å². The van der Waals surface area contributed by atoms with Gasteiger partial charge in [0.2, 0.25) is 0 Å². The van der Waals surface area contributed by atoms with E-state index < -0.39 is 11.6 Å². The number of nitrogen functional groups attached to an aromatic ring is 1. The summed E-state index contributed by atoms with van der Waals surface area (Å²) in [4.78, 5) is 13.0. The van der Waals surface area contributed by atoms with Gasteiger partial charge in [0.05, 0.1) is 4.90 Å². The van der Waals surface area contributed by atoms with Gasteiger partial charge in [0.25, 0.3) is 0 Å². The lowest BCUT2D eigenvalue weighted by molar-refractivity contribution is 0.00743. The standard InChI is InChI=1S/C11H14N2O2S2/c1-6-7(16-5-12)9(13)17-8(6)10(14)15-11(2,3)4/h13H2,1-4H3. The fourth-order valence-corrected chi connectivity index (χ4v) is 2.82. The highest BCUT2D eigenvalue weighted by Crippen LogP contribution is 2.38. The third-order valence-corrected chi connectivity index (χ3v) is 3.90. The van der Waals surface area contributed by atoms with Crippen LogP contribution in [0, 0.1) is 17.6 Å². The van der Waals surface area contributed by atoms with E-state index >= 15 is 0 Å². The molecule has 0 unspecified atom stereocenters. The summed E-state index contributed by atoms with van der Waals surface area (Å²) in [5, 5.41) is 11.1. The van der Waals surface area contributed by atoms with Gasteiger partial charge in [-0.05, 0) is 45.0 Å². The first-order valence-corrected chi connectivity index (χ1v) is 6.57. The number of nitriles is 1. The van der Waals surface area contributed by atoms with Crippen molar-refractivity contribution in [1.82, 2.24) is 0 Å². The van der Waals surface area contributed by atoms with E-state index in [9.17, 15) is 4.79 Å². The van der Waals surface area contributed by atoms with Crippen LogP contribution in [0.15, 0.2) is 4.90 Å². The number of ether oxygens (including phenoxy) is 1. The van der Waals surface area contributed by atoms with Crippen LogP contribution in [0.5, 0.6) is 0 Å².